The highest BCUT2D eigenvalue weighted by Crippen LogP contribution is 2.33. The van der Waals surface area contributed by atoms with Crippen LogP contribution in [0.25, 0.3) is 11.0 Å². The van der Waals surface area contributed by atoms with E-state index in [0.29, 0.717) is 29.8 Å². The summed E-state index contributed by atoms with van der Waals surface area (Å²) in [4.78, 5) is 22.0. The van der Waals surface area contributed by atoms with E-state index in [-0.39, 0.29) is 22.9 Å². The second-order valence-electron chi connectivity index (χ2n) is 9.12. The molecule has 36 heavy (non-hydrogen) atoms. The van der Waals surface area contributed by atoms with E-state index >= 15 is 0 Å². The van der Waals surface area contributed by atoms with Crippen molar-refractivity contribution < 1.29 is 0 Å². The third kappa shape index (κ3) is 4.11. The molecule has 1 unspecified atom stereocenters. The van der Waals surface area contributed by atoms with Crippen LogP contribution in [0.2, 0.25) is 0 Å². The number of pyridine rings is 2. The molecule has 0 radical (unpaired) electrons. The van der Waals surface area contributed by atoms with Gasteiger partial charge in [0.2, 0.25) is 0 Å². The van der Waals surface area contributed by atoms with E-state index in [1.165, 1.54) is 21.3 Å². The molecule has 2 aromatic carbocycles. The Balaban J connectivity index is 1.52. The molecular formula is C29H26N6O. The molecule has 2 aromatic heterocycles. The zero-order valence-electron chi connectivity index (χ0n) is 20.3. The van der Waals surface area contributed by atoms with E-state index < -0.39 is 0 Å². The molecule has 1 fully saturated rings. The van der Waals surface area contributed by atoms with Crippen molar-refractivity contribution >= 4 is 16.7 Å². The molecule has 1 atom stereocenters. The van der Waals surface area contributed by atoms with Gasteiger partial charge >= 0.3 is 0 Å². The topological polar surface area (TPSA) is 89.0 Å². The van der Waals surface area contributed by atoms with Crippen LogP contribution in [0, 0.1) is 29.6 Å². The Bertz CT molecular complexity index is 1550. The van der Waals surface area contributed by atoms with Gasteiger partial charge in [0, 0.05) is 33.2 Å². The van der Waals surface area contributed by atoms with Gasteiger partial charge in [0.25, 0.3) is 5.56 Å². The number of nitriles is 2. The monoisotopic (exact) mass is 474 g/mol. The number of hydrogen-bond acceptors (Lipinski definition) is 6. The Morgan fingerprint density at radius 3 is 2.17 bits per heavy atom. The average molecular weight is 475 g/mol. The highest BCUT2D eigenvalue weighted by molar-refractivity contribution is 5.92. The zero-order valence-corrected chi connectivity index (χ0v) is 20.3. The first kappa shape index (κ1) is 23.3. The number of piperazine rings is 1. The van der Waals surface area contributed by atoms with Gasteiger partial charge in [-0.2, -0.15) is 10.5 Å². The maximum Gasteiger partial charge on any atom is 0.270 e. The maximum atomic E-state index is 13.0. The molecule has 7 heteroatoms. The molecule has 0 spiro atoms. The van der Waals surface area contributed by atoms with Crippen LogP contribution in [0.15, 0.2) is 71.5 Å². The van der Waals surface area contributed by atoms with Crippen molar-refractivity contribution in [2.45, 2.75) is 13.0 Å². The van der Waals surface area contributed by atoms with Crippen LogP contribution < -0.4 is 10.5 Å². The number of nitrogens with zero attached hydrogens (tertiary/aromatic N) is 6. The van der Waals surface area contributed by atoms with Crippen molar-refractivity contribution in [2.24, 2.45) is 7.05 Å². The molecule has 1 saturated heterocycles. The van der Waals surface area contributed by atoms with Crippen molar-refractivity contribution in [3.05, 3.63) is 105 Å². The van der Waals surface area contributed by atoms with Crippen LogP contribution in [0.5, 0.6) is 0 Å². The van der Waals surface area contributed by atoms with Crippen molar-refractivity contribution in [1.82, 2.24) is 14.5 Å². The van der Waals surface area contributed by atoms with Crippen LogP contribution >= 0.6 is 0 Å². The molecule has 0 aliphatic carbocycles. The Morgan fingerprint density at radius 2 is 1.53 bits per heavy atom. The van der Waals surface area contributed by atoms with Gasteiger partial charge in [0.1, 0.15) is 28.9 Å². The average Bonchev–Trinajstić information content (AvgIpc) is 2.92. The maximum absolute atomic E-state index is 13.0. The minimum absolute atomic E-state index is 0.0687. The van der Waals surface area contributed by atoms with E-state index in [1.807, 2.05) is 6.07 Å². The minimum Gasteiger partial charge on any atom is -0.366 e. The molecule has 4 aromatic rings. The lowest BCUT2D eigenvalue weighted by Crippen LogP contribution is -2.48. The fourth-order valence-corrected chi connectivity index (χ4v) is 5.07. The number of anilines is 1. The van der Waals surface area contributed by atoms with Gasteiger partial charge < -0.3 is 9.47 Å². The predicted octanol–water partition coefficient (Wildman–Crippen LogP) is 3.90. The van der Waals surface area contributed by atoms with Crippen molar-refractivity contribution in [1.29, 1.82) is 10.5 Å². The molecule has 0 N–H and O–H groups in total. The first-order valence-corrected chi connectivity index (χ1v) is 12.0. The summed E-state index contributed by atoms with van der Waals surface area (Å²) in [5, 5.41) is 19.3. The largest absolute Gasteiger partial charge is 0.366 e. The molecule has 178 valence electrons. The normalized spacial score (nSPS) is 14.8. The minimum atomic E-state index is -0.351. The van der Waals surface area contributed by atoms with E-state index in [2.05, 4.69) is 82.4 Å². The lowest BCUT2D eigenvalue weighted by molar-refractivity contribution is 0.212. The van der Waals surface area contributed by atoms with Gasteiger partial charge in [-0.05, 0) is 30.2 Å². The summed E-state index contributed by atoms with van der Waals surface area (Å²) in [6.07, 6.45) is 0. The molecule has 0 saturated carbocycles. The second kappa shape index (κ2) is 9.65. The Labute approximate surface area is 210 Å². The van der Waals surface area contributed by atoms with Crippen molar-refractivity contribution in [2.75, 3.05) is 31.1 Å². The number of aryl methyl sites for hydroxylation is 2. The fourth-order valence-electron chi connectivity index (χ4n) is 5.07. The summed E-state index contributed by atoms with van der Waals surface area (Å²) in [6.45, 7) is 4.84. The van der Waals surface area contributed by atoms with Crippen molar-refractivity contribution in [3.8, 4) is 12.1 Å². The van der Waals surface area contributed by atoms with E-state index in [9.17, 15) is 15.3 Å². The van der Waals surface area contributed by atoms with Gasteiger partial charge in [0.15, 0.2) is 0 Å². The first-order valence-electron chi connectivity index (χ1n) is 12.0. The summed E-state index contributed by atoms with van der Waals surface area (Å²) < 4.78 is 1.44. The summed E-state index contributed by atoms with van der Waals surface area (Å²) in [7, 11) is 1.63. The first-order chi connectivity index (χ1) is 17.5. The number of benzene rings is 2. The fraction of sp³-hybridized carbons (Fsp3) is 0.241. The standard InChI is InChI=1S/C29H26N6O/c1-20-8-10-22(11-9-20)27(21-6-4-3-5-7-21)34-14-16-35(17-15-34)28-24(19-31)29(36)33(2)25-13-12-23(18-30)32-26(25)28/h3-13,27H,14-17H2,1-2H3. The van der Waals surface area contributed by atoms with E-state index in [4.69, 9.17) is 0 Å². The van der Waals surface area contributed by atoms with E-state index in [0.717, 1.165) is 13.1 Å². The van der Waals surface area contributed by atoms with Crippen LogP contribution in [0.3, 0.4) is 0 Å². The molecule has 1 aliphatic rings. The van der Waals surface area contributed by atoms with E-state index in [1.54, 1.807) is 19.2 Å². The Hall–Kier alpha value is -4.46. The molecule has 3 heterocycles. The van der Waals surface area contributed by atoms with Crippen LogP contribution in [0.1, 0.15) is 34.0 Å². The van der Waals surface area contributed by atoms with Gasteiger partial charge in [-0.15, -0.1) is 0 Å². The van der Waals surface area contributed by atoms with Gasteiger partial charge in [-0.25, -0.2) is 4.98 Å². The molecule has 0 bridgehead atoms. The Morgan fingerprint density at radius 1 is 0.861 bits per heavy atom. The number of fused-ring (bicyclic) bond motifs is 1. The molecule has 0 amide bonds. The van der Waals surface area contributed by atoms with Gasteiger partial charge in [-0.1, -0.05) is 60.2 Å². The predicted molar refractivity (Wildman–Crippen MR) is 140 cm³/mol. The zero-order chi connectivity index (χ0) is 25.2. The molecule has 5 rings (SSSR count). The summed E-state index contributed by atoms with van der Waals surface area (Å²) in [5.74, 6) is 0. The van der Waals surface area contributed by atoms with Crippen LogP contribution in [0.4, 0.5) is 5.69 Å². The molecular weight excluding hydrogens is 448 g/mol. The van der Waals surface area contributed by atoms with Gasteiger partial charge in [0.05, 0.1) is 17.2 Å². The summed E-state index contributed by atoms with van der Waals surface area (Å²) in [5.41, 5.74) is 5.31. The number of rotatable bonds is 4. The van der Waals surface area contributed by atoms with Crippen molar-refractivity contribution in [3.63, 3.8) is 0 Å². The number of aromatic nitrogens is 2. The molecule has 1 aliphatic heterocycles. The highest BCUT2D eigenvalue weighted by Gasteiger charge is 2.29. The molecule has 7 nitrogen and oxygen atoms in total. The third-order valence-corrected chi connectivity index (χ3v) is 6.95. The lowest BCUT2D eigenvalue weighted by Gasteiger charge is -2.41. The third-order valence-electron chi connectivity index (χ3n) is 6.95. The smallest absolute Gasteiger partial charge is 0.270 e. The summed E-state index contributed by atoms with van der Waals surface area (Å²) >= 11 is 0. The van der Waals surface area contributed by atoms with Crippen LogP contribution in [-0.2, 0) is 7.05 Å². The SMILES string of the molecule is Cc1ccc(C(c2ccccc2)N2CCN(c3c(C#N)c(=O)n(C)c4ccc(C#N)nc34)CC2)cc1. The lowest BCUT2D eigenvalue weighted by atomic mass is 9.95. The highest BCUT2D eigenvalue weighted by atomic mass is 16.1. The number of hydrogen-bond donors (Lipinski definition) is 0. The summed E-state index contributed by atoms with van der Waals surface area (Å²) in [6, 6.07) is 26.8. The Kier molecular flexibility index (Phi) is 6.25. The quantitative estimate of drug-likeness (QED) is 0.446. The second-order valence-corrected chi connectivity index (χ2v) is 9.12. The van der Waals surface area contributed by atoms with Crippen LogP contribution in [-0.4, -0.2) is 40.6 Å². The van der Waals surface area contributed by atoms with Gasteiger partial charge in [-0.3, -0.25) is 9.69 Å².